The summed E-state index contributed by atoms with van der Waals surface area (Å²) in [6.07, 6.45) is 0. The average Bonchev–Trinajstić information content (AvgIpc) is 2.74. The molecule has 30 heavy (non-hydrogen) atoms. The largest absolute Gasteiger partial charge is 0.285 e. The van der Waals surface area contributed by atoms with Gasteiger partial charge in [-0.1, -0.05) is 105 Å². The highest BCUT2D eigenvalue weighted by Crippen LogP contribution is 2.56. The maximum atomic E-state index is 12.3. The molecule has 154 valence electrons. The lowest BCUT2D eigenvalue weighted by atomic mass is 9.52. The standard InChI is InChI=1S/C26H28N2O2/c1-26(2)23(22-16-10-5-11-17-22)24(28(29)30)25(26)27(18-20-12-6-3-7-13-20)19-21-14-8-4-9-15-21/h3-17,23-25H,18-19H2,1-2H3. The molecule has 0 amide bonds. The molecule has 4 heteroatoms. The molecule has 4 rings (SSSR count). The number of rotatable bonds is 7. The van der Waals surface area contributed by atoms with Gasteiger partial charge in [-0.05, 0) is 16.7 Å². The Kier molecular flexibility index (Phi) is 5.69. The van der Waals surface area contributed by atoms with Gasteiger partial charge in [-0.25, -0.2) is 0 Å². The second-order valence-electron chi connectivity index (χ2n) is 8.81. The van der Waals surface area contributed by atoms with Gasteiger partial charge in [-0.15, -0.1) is 0 Å². The van der Waals surface area contributed by atoms with Gasteiger partial charge in [0.25, 0.3) is 0 Å². The quantitative estimate of drug-likeness (QED) is 0.387. The molecular formula is C26H28N2O2. The predicted molar refractivity (Wildman–Crippen MR) is 120 cm³/mol. The fourth-order valence-electron chi connectivity index (χ4n) is 5.23. The first-order chi connectivity index (χ1) is 14.5. The van der Waals surface area contributed by atoms with Crippen LogP contribution in [0.25, 0.3) is 0 Å². The van der Waals surface area contributed by atoms with Gasteiger partial charge in [0.2, 0.25) is 6.04 Å². The second kappa shape index (κ2) is 8.41. The van der Waals surface area contributed by atoms with E-state index in [-0.39, 0.29) is 22.3 Å². The highest BCUT2D eigenvalue weighted by Gasteiger charge is 2.65. The number of nitrogens with zero attached hydrogens (tertiary/aromatic N) is 2. The molecule has 3 atom stereocenters. The van der Waals surface area contributed by atoms with Crippen LogP contribution in [0, 0.1) is 15.5 Å². The maximum Gasteiger partial charge on any atom is 0.236 e. The fourth-order valence-corrected chi connectivity index (χ4v) is 5.23. The summed E-state index contributed by atoms with van der Waals surface area (Å²) in [4.78, 5) is 14.5. The third-order valence-corrected chi connectivity index (χ3v) is 6.48. The third-order valence-electron chi connectivity index (χ3n) is 6.48. The van der Waals surface area contributed by atoms with Crippen molar-refractivity contribution in [1.29, 1.82) is 0 Å². The average molecular weight is 401 g/mol. The van der Waals surface area contributed by atoms with Gasteiger partial charge in [0.15, 0.2) is 0 Å². The van der Waals surface area contributed by atoms with Crippen LogP contribution in [0.3, 0.4) is 0 Å². The van der Waals surface area contributed by atoms with Crippen molar-refractivity contribution in [3.8, 4) is 0 Å². The Labute approximate surface area is 178 Å². The predicted octanol–water partition coefficient (Wildman–Crippen LogP) is 5.53. The zero-order valence-electron chi connectivity index (χ0n) is 17.5. The number of nitro groups is 1. The number of hydrogen-bond donors (Lipinski definition) is 0. The lowest BCUT2D eigenvalue weighted by Gasteiger charge is -2.57. The summed E-state index contributed by atoms with van der Waals surface area (Å²) in [5, 5.41) is 12.3. The van der Waals surface area contributed by atoms with E-state index < -0.39 is 6.04 Å². The van der Waals surface area contributed by atoms with Gasteiger partial charge in [0.1, 0.15) is 0 Å². The molecule has 3 aromatic rings. The molecule has 0 aromatic heterocycles. The van der Waals surface area contributed by atoms with Crippen molar-refractivity contribution in [2.24, 2.45) is 5.41 Å². The summed E-state index contributed by atoms with van der Waals surface area (Å²) in [6.45, 7) is 5.74. The van der Waals surface area contributed by atoms with Crippen LogP contribution in [0.5, 0.6) is 0 Å². The van der Waals surface area contributed by atoms with Crippen molar-refractivity contribution in [3.63, 3.8) is 0 Å². The summed E-state index contributed by atoms with van der Waals surface area (Å²) < 4.78 is 0. The summed E-state index contributed by atoms with van der Waals surface area (Å²) >= 11 is 0. The summed E-state index contributed by atoms with van der Waals surface area (Å²) in [5.41, 5.74) is 3.19. The molecule has 4 nitrogen and oxygen atoms in total. The van der Waals surface area contributed by atoms with Crippen LogP contribution < -0.4 is 0 Å². The van der Waals surface area contributed by atoms with Crippen molar-refractivity contribution in [2.45, 2.75) is 44.9 Å². The van der Waals surface area contributed by atoms with Gasteiger partial charge < -0.3 is 0 Å². The SMILES string of the molecule is CC1(C)C(c2ccccc2)C([N+](=O)[O-])C1N(Cc1ccccc1)Cc1ccccc1. The first-order valence-electron chi connectivity index (χ1n) is 10.5. The highest BCUT2D eigenvalue weighted by molar-refractivity contribution is 5.31. The normalized spacial score (nSPS) is 22.4. The van der Waals surface area contributed by atoms with Crippen LogP contribution in [-0.2, 0) is 13.1 Å². The molecule has 1 saturated carbocycles. The topological polar surface area (TPSA) is 46.4 Å². The van der Waals surface area contributed by atoms with Crippen molar-refractivity contribution in [3.05, 3.63) is 118 Å². The van der Waals surface area contributed by atoms with Gasteiger partial charge in [0, 0.05) is 23.4 Å². The van der Waals surface area contributed by atoms with Crippen LogP contribution >= 0.6 is 0 Å². The van der Waals surface area contributed by atoms with E-state index in [1.54, 1.807) is 0 Å². The maximum absolute atomic E-state index is 12.3. The monoisotopic (exact) mass is 400 g/mol. The van der Waals surface area contributed by atoms with E-state index in [0.29, 0.717) is 13.1 Å². The van der Waals surface area contributed by atoms with E-state index in [4.69, 9.17) is 0 Å². The molecule has 0 radical (unpaired) electrons. The summed E-state index contributed by atoms with van der Waals surface area (Å²) in [7, 11) is 0. The molecule has 3 unspecified atom stereocenters. The van der Waals surface area contributed by atoms with E-state index in [0.717, 1.165) is 5.56 Å². The molecular weight excluding hydrogens is 372 g/mol. The van der Waals surface area contributed by atoms with Crippen molar-refractivity contribution in [2.75, 3.05) is 0 Å². The lowest BCUT2D eigenvalue weighted by molar-refractivity contribution is -0.563. The van der Waals surface area contributed by atoms with E-state index >= 15 is 0 Å². The molecule has 0 heterocycles. The zero-order chi connectivity index (χ0) is 21.1. The first-order valence-corrected chi connectivity index (χ1v) is 10.5. The minimum Gasteiger partial charge on any atom is -0.285 e. The molecule has 0 bridgehead atoms. The molecule has 1 aliphatic rings. The van der Waals surface area contributed by atoms with Crippen LogP contribution in [0.1, 0.15) is 36.5 Å². The van der Waals surface area contributed by atoms with E-state index in [1.807, 2.05) is 66.7 Å². The summed E-state index contributed by atoms with van der Waals surface area (Å²) in [5.74, 6) is -0.104. The Balaban J connectivity index is 1.70. The van der Waals surface area contributed by atoms with Gasteiger partial charge in [-0.2, -0.15) is 0 Å². The molecule has 1 fully saturated rings. The minimum atomic E-state index is -0.630. The molecule has 0 N–H and O–H groups in total. The minimum absolute atomic E-state index is 0.0590. The van der Waals surface area contributed by atoms with E-state index in [1.165, 1.54) is 11.1 Å². The Morgan fingerprint density at radius 1 is 0.800 bits per heavy atom. The van der Waals surface area contributed by atoms with Gasteiger partial charge in [0.05, 0.1) is 12.0 Å². The van der Waals surface area contributed by atoms with Crippen LogP contribution in [-0.4, -0.2) is 21.9 Å². The van der Waals surface area contributed by atoms with E-state index in [9.17, 15) is 10.1 Å². The lowest BCUT2D eigenvalue weighted by Crippen LogP contribution is -2.69. The van der Waals surface area contributed by atoms with Crippen molar-refractivity contribution >= 4 is 0 Å². The Morgan fingerprint density at radius 3 is 1.67 bits per heavy atom. The zero-order valence-corrected chi connectivity index (χ0v) is 17.5. The van der Waals surface area contributed by atoms with Crippen LogP contribution in [0.4, 0.5) is 0 Å². The van der Waals surface area contributed by atoms with Crippen LogP contribution in [0.2, 0.25) is 0 Å². The first kappa shape index (κ1) is 20.3. The fraction of sp³-hybridized carbons (Fsp3) is 0.308. The Bertz CT molecular complexity index is 932. The Morgan fingerprint density at radius 2 is 1.23 bits per heavy atom. The van der Waals surface area contributed by atoms with Crippen molar-refractivity contribution in [1.82, 2.24) is 4.90 Å². The smallest absolute Gasteiger partial charge is 0.236 e. The van der Waals surface area contributed by atoms with Gasteiger partial charge >= 0.3 is 0 Å². The van der Waals surface area contributed by atoms with Crippen LogP contribution in [0.15, 0.2) is 91.0 Å². The molecule has 0 spiro atoms. The number of hydrogen-bond acceptors (Lipinski definition) is 3. The van der Waals surface area contributed by atoms with E-state index in [2.05, 4.69) is 43.0 Å². The molecule has 1 aliphatic carbocycles. The molecule has 3 aromatic carbocycles. The van der Waals surface area contributed by atoms with Gasteiger partial charge in [-0.3, -0.25) is 15.0 Å². The molecule has 0 aliphatic heterocycles. The second-order valence-corrected chi connectivity index (χ2v) is 8.81. The number of benzene rings is 3. The van der Waals surface area contributed by atoms with Crippen molar-refractivity contribution < 1.29 is 4.92 Å². The third kappa shape index (κ3) is 3.88. The molecule has 0 saturated heterocycles. The highest BCUT2D eigenvalue weighted by atomic mass is 16.6. The Hall–Kier alpha value is -2.98. The summed E-state index contributed by atoms with van der Waals surface area (Å²) in [6, 6.07) is 29.7.